The monoisotopic (exact) mass is 327 g/mol. The van der Waals surface area contributed by atoms with Crippen LogP contribution in [-0.2, 0) is 16.0 Å². The molecule has 0 spiro atoms. The van der Waals surface area contributed by atoms with E-state index in [1.165, 1.54) is 0 Å². The van der Waals surface area contributed by atoms with Crippen molar-refractivity contribution in [1.82, 2.24) is 15.1 Å². The van der Waals surface area contributed by atoms with E-state index >= 15 is 0 Å². The Morgan fingerprint density at radius 3 is 2.71 bits per heavy atom. The largest absolute Gasteiger partial charge is 0.481 e. The van der Waals surface area contributed by atoms with Gasteiger partial charge in [-0.15, -0.1) is 0 Å². The molecule has 0 radical (unpaired) electrons. The van der Waals surface area contributed by atoms with Crippen LogP contribution in [0, 0.1) is 5.92 Å². The third-order valence-corrected chi connectivity index (χ3v) is 4.63. The molecule has 1 aliphatic heterocycles. The first kappa shape index (κ1) is 16.2. The predicted molar refractivity (Wildman–Crippen MR) is 88.4 cm³/mol. The van der Waals surface area contributed by atoms with E-state index in [2.05, 4.69) is 10.2 Å². The second kappa shape index (κ2) is 7.29. The van der Waals surface area contributed by atoms with E-state index in [9.17, 15) is 14.7 Å². The second-order valence-electron chi connectivity index (χ2n) is 6.22. The number of aryl methyl sites for hydroxylation is 1. The highest BCUT2D eigenvalue weighted by atomic mass is 16.4. The zero-order valence-electron chi connectivity index (χ0n) is 13.4. The van der Waals surface area contributed by atoms with Gasteiger partial charge in [-0.3, -0.25) is 14.7 Å². The minimum Gasteiger partial charge on any atom is -0.481 e. The number of nitrogens with zero attached hydrogens (tertiary/aromatic N) is 2. The maximum Gasteiger partial charge on any atom is 0.308 e. The highest BCUT2D eigenvalue weighted by Gasteiger charge is 2.40. The van der Waals surface area contributed by atoms with Crippen LogP contribution >= 0.6 is 0 Å². The third-order valence-electron chi connectivity index (χ3n) is 4.63. The van der Waals surface area contributed by atoms with Crippen molar-refractivity contribution >= 4 is 11.9 Å². The van der Waals surface area contributed by atoms with Crippen molar-refractivity contribution in [2.75, 3.05) is 13.1 Å². The fourth-order valence-corrected chi connectivity index (χ4v) is 3.31. The van der Waals surface area contributed by atoms with Gasteiger partial charge in [-0.2, -0.15) is 5.10 Å². The molecule has 1 amide bonds. The number of hydrogen-bond donors (Lipinski definition) is 2. The number of aromatic amines is 1. The number of aromatic nitrogens is 2. The van der Waals surface area contributed by atoms with E-state index in [4.69, 9.17) is 0 Å². The van der Waals surface area contributed by atoms with E-state index in [0.29, 0.717) is 19.5 Å². The average molecular weight is 327 g/mol. The summed E-state index contributed by atoms with van der Waals surface area (Å²) < 4.78 is 0. The van der Waals surface area contributed by atoms with E-state index in [1.807, 2.05) is 36.5 Å². The van der Waals surface area contributed by atoms with Crippen LogP contribution in [0.15, 0.2) is 42.7 Å². The van der Waals surface area contributed by atoms with Crippen LogP contribution in [0.5, 0.6) is 0 Å². The topological polar surface area (TPSA) is 86.3 Å². The molecule has 126 valence electrons. The van der Waals surface area contributed by atoms with Crippen molar-refractivity contribution in [3.63, 3.8) is 0 Å². The Bertz CT molecular complexity index is 685. The molecule has 2 atom stereocenters. The van der Waals surface area contributed by atoms with Gasteiger partial charge in [-0.25, -0.2) is 0 Å². The van der Waals surface area contributed by atoms with Crippen LogP contribution in [0.4, 0.5) is 0 Å². The molecular weight excluding hydrogens is 306 g/mol. The predicted octanol–water partition coefficient (Wildman–Crippen LogP) is 2.06. The zero-order valence-corrected chi connectivity index (χ0v) is 13.4. The average Bonchev–Trinajstić information content (AvgIpc) is 3.25. The number of rotatable bonds is 6. The molecular formula is C18H21N3O3. The summed E-state index contributed by atoms with van der Waals surface area (Å²) in [6.45, 7) is 0.769. The maximum atomic E-state index is 12.4. The summed E-state index contributed by atoms with van der Waals surface area (Å²) in [7, 11) is 0. The summed E-state index contributed by atoms with van der Waals surface area (Å²) in [6, 6.07) is 9.60. The second-order valence-corrected chi connectivity index (χ2v) is 6.22. The number of carbonyl (C=O) groups is 2. The lowest BCUT2D eigenvalue weighted by atomic mass is 9.89. The number of nitrogens with one attached hydrogen (secondary N) is 1. The summed E-state index contributed by atoms with van der Waals surface area (Å²) in [5.41, 5.74) is 2.06. The van der Waals surface area contributed by atoms with Crippen molar-refractivity contribution in [3.8, 4) is 0 Å². The molecule has 0 aliphatic carbocycles. The Hall–Kier alpha value is -2.63. The van der Waals surface area contributed by atoms with E-state index < -0.39 is 11.9 Å². The molecule has 2 heterocycles. The Kier molecular flexibility index (Phi) is 4.93. The first-order chi connectivity index (χ1) is 11.6. The molecule has 2 unspecified atom stereocenters. The van der Waals surface area contributed by atoms with Crippen LogP contribution in [0.3, 0.4) is 0 Å². The molecule has 2 aromatic rings. The van der Waals surface area contributed by atoms with Gasteiger partial charge < -0.3 is 10.0 Å². The molecule has 6 nitrogen and oxygen atoms in total. The van der Waals surface area contributed by atoms with Crippen molar-refractivity contribution in [2.45, 2.75) is 25.2 Å². The summed E-state index contributed by atoms with van der Waals surface area (Å²) in [6.07, 6.45) is 5.54. The number of hydrogen-bond acceptors (Lipinski definition) is 3. The fraction of sp³-hybridized carbons (Fsp3) is 0.389. The van der Waals surface area contributed by atoms with Crippen LogP contribution in [0.25, 0.3) is 0 Å². The lowest BCUT2D eigenvalue weighted by Gasteiger charge is -2.16. The SMILES string of the molecule is O=C(O)C1CN(C(=O)CCCc2cn[nH]c2)CC1c1ccccc1. The van der Waals surface area contributed by atoms with Crippen molar-refractivity contribution in [2.24, 2.45) is 5.92 Å². The molecule has 3 rings (SSSR count). The van der Waals surface area contributed by atoms with Crippen molar-refractivity contribution in [1.29, 1.82) is 0 Å². The van der Waals surface area contributed by atoms with Gasteiger partial charge in [0.2, 0.25) is 5.91 Å². The van der Waals surface area contributed by atoms with E-state index in [1.54, 1.807) is 11.1 Å². The molecule has 1 fully saturated rings. The molecule has 6 heteroatoms. The van der Waals surface area contributed by atoms with Crippen LogP contribution in [0.2, 0.25) is 0 Å². The summed E-state index contributed by atoms with van der Waals surface area (Å²) in [5, 5.41) is 16.1. The quantitative estimate of drug-likeness (QED) is 0.850. The zero-order chi connectivity index (χ0) is 16.9. The lowest BCUT2D eigenvalue weighted by molar-refractivity contribution is -0.141. The fourth-order valence-electron chi connectivity index (χ4n) is 3.31. The van der Waals surface area contributed by atoms with Crippen LogP contribution in [-0.4, -0.2) is 45.2 Å². The van der Waals surface area contributed by atoms with Gasteiger partial charge in [-0.05, 0) is 24.0 Å². The first-order valence-electron chi connectivity index (χ1n) is 8.18. The molecule has 0 saturated carbocycles. The highest BCUT2D eigenvalue weighted by Crippen LogP contribution is 2.33. The first-order valence-corrected chi connectivity index (χ1v) is 8.18. The smallest absolute Gasteiger partial charge is 0.308 e. The molecule has 1 aromatic carbocycles. The molecule has 1 saturated heterocycles. The molecule has 1 aliphatic rings. The number of H-pyrrole nitrogens is 1. The van der Waals surface area contributed by atoms with Gasteiger partial charge in [0, 0.05) is 31.6 Å². The van der Waals surface area contributed by atoms with Gasteiger partial charge >= 0.3 is 5.97 Å². The van der Waals surface area contributed by atoms with E-state index in [0.717, 1.165) is 24.0 Å². The minimum absolute atomic E-state index is 0.0307. The van der Waals surface area contributed by atoms with Gasteiger partial charge in [0.15, 0.2) is 0 Å². The normalized spacial score (nSPS) is 20.2. The number of carboxylic acids is 1. The minimum atomic E-state index is -0.836. The summed E-state index contributed by atoms with van der Waals surface area (Å²) in [4.78, 5) is 25.7. The van der Waals surface area contributed by atoms with Crippen LogP contribution < -0.4 is 0 Å². The molecule has 24 heavy (non-hydrogen) atoms. The standard InChI is InChI=1S/C18H21N3O3/c22-17(8-4-5-13-9-19-20-10-13)21-11-15(16(12-21)18(23)24)14-6-2-1-3-7-14/h1-3,6-7,9-10,15-16H,4-5,8,11-12H2,(H,19,20)(H,23,24). The molecule has 1 aromatic heterocycles. The lowest BCUT2D eigenvalue weighted by Crippen LogP contribution is -2.29. The number of benzene rings is 1. The molecule has 2 N–H and O–H groups in total. The number of carboxylic acid groups (broad SMARTS) is 1. The van der Waals surface area contributed by atoms with Gasteiger partial charge in [0.25, 0.3) is 0 Å². The number of likely N-dealkylation sites (tertiary alicyclic amines) is 1. The van der Waals surface area contributed by atoms with E-state index in [-0.39, 0.29) is 11.8 Å². The van der Waals surface area contributed by atoms with Gasteiger partial charge in [-0.1, -0.05) is 30.3 Å². The number of aliphatic carboxylic acids is 1. The summed E-state index contributed by atoms with van der Waals surface area (Å²) >= 11 is 0. The van der Waals surface area contributed by atoms with Gasteiger partial charge in [0.05, 0.1) is 12.1 Å². The van der Waals surface area contributed by atoms with Gasteiger partial charge in [0.1, 0.15) is 0 Å². The Labute approximate surface area is 140 Å². The summed E-state index contributed by atoms with van der Waals surface area (Å²) in [5.74, 6) is -1.48. The Morgan fingerprint density at radius 1 is 1.25 bits per heavy atom. The molecule has 0 bridgehead atoms. The number of carbonyl (C=O) groups excluding carboxylic acids is 1. The maximum absolute atomic E-state index is 12.4. The Morgan fingerprint density at radius 2 is 2.04 bits per heavy atom. The third kappa shape index (κ3) is 3.64. The highest BCUT2D eigenvalue weighted by molar-refractivity contribution is 5.79. The van der Waals surface area contributed by atoms with Crippen molar-refractivity contribution < 1.29 is 14.7 Å². The van der Waals surface area contributed by atoms with Crippen molar-refractivity contribution in [3.05, 3.63) is 53.9 Å². The number of amides is 1. The Balaban J connectivity index is 1.60. The van der Waals surface area contributed by atoms with Crippen LogP contribution in [0.1, 0.15) is 29.9 Å².